The van der Waals surface area contributed by atoms with Crippen LogP contribution in [0.1, 0.15) is 52.9 Å². The zero-order chi connectivity index (χ0) is 27.2. The monoisotopic (exact) mass is 548 g/mol. The lowest BCUT2D eigenvalue weighted by atomic mass is 9.90. The van der Waals surface area contributed by atoms with E-state index in [0.29, 0.717) is 46.9 Å². The number of rotatable bonds is 7. The molecule has 1 aromatic heterocycles. The fourth-order valence-electron chi connectivity index (χ4n) is 4.76. The lowest BCUT2D eigenvalue weighted by Crippen LogP contribution is -2.25. The first-order valence-corrected chi connectivity index (χ1v) is 13.4. The van der Waals surface area contributed by atoms with E-state index < -0.39 is 12.0 Å². The molecule has 0 radical (unpaired) electrons. The van der Waals surface area contributed by atoms with Gasteiger partial charge in [-0.2, -0.15) is 0 Å². The minimum absolute atomic E-state index is 0.0545. The highest BCUT2D eigenvalue weighted by molar-refractivity contribution is 6.30. The van der Waals surface area contributed by atoms with Crippen molar-refractivity contribution < 1.29 is 24.2 Å². The second-order valence-corrected chi connectivity index (χ2v) is 10.2. The minimum atomic E-state index is -0.528. The maximum atomic E-state index is 12.9. The highest BCUT2D eigenvalue weighted by Gasteiger charge is 2.22. The third-order valence-electron chi connectivity index (χ3n) is 6.92. The number of nitrogens with one attached hydrogen (secondary N) is 2. The molecule has 2 amide bonds. The van der Waals surface area contributed by atoms with Gasteiger partial charge in [-0.05, 0) is 67.0 Å². The fraction of sp³-hybridized carbons (Fsp3) is 0.379. The van der Waals surface area contributed by atoms with E-state index in [1.807, 2.05) is 24.3 Å². The molecule has 0 saturated carbocycles. The van der Waals surface area contributed by atoms with E-state index in [-0.39, 0.29) is 24.0 Å². The summed E-state index contributed by atoms with van der Waals surface area (Å²) in [6, 6.07) is 10.9. The van der Waals surface area contributed by atoms with Crippen LogP contribution in [0.25, 0.3) is 10.9 Å². The third kappa shape index (κ3) is 6.77. The summed E-state index contributed by atoms with van der Waals surface area (Å²) in [7, 11) is 0. The molecular weight excluding hydrogens is 520 g/mol. The number of benzene rings is 2. The molecule has 39 heavy (non-hydrogen) atoms. The second-order valence-electron chi connectivity index (χ2n) is 9.79. The molecular formula is C29H29ClN4O5. The maximum absolute atomic E-state index is 12.9. The molecule has 3 aromatic rings. The van der Waals surface area contributed by atoms with Gasteiger partial charge >= 0.3 is 6.09 Å². The van der Waals surface area contributed by atoms with E-state index in [1.165, 1.54) is 0 Å². The van der Waals surface area contributed by atoms with Crippen LogP contribution in [0.15, 0.2) is 36.4 Å². The Balaban J connectivity index is 1.40. The number of halogens is 1. The number of hydrogen-bond donors (Lipinski definition) is 3. The molecule has 2 aliphatic heterocycles. The molecule has 2 saturated heterocycles. The quantitative estimate of drug-likeness (QED) is 0.379. The number of cyclic esters (lactones) is 1. The van der Waals surface area contributed by atoms with Gasteiger partial charge in [0.05, 0.1) is 11.6 Å². The Bertz CT molecular complexity index is 1430. The lowest BCUT2D eigenvalue weighted by molar-refractivity contribution is 0.0665. The number of alkyl carbamates (subject to hydrolysis) is 1. The smallest absolute Gasteiger partial charge is 0.407 e. The molecule has 2 aromatic carbocycles. The molecule has 3 N–H and O–H groups in total. The first-order valence-electron chi connectivity index (χ1n) is 13.0. The van der Waals surface area contributed by atoms with Gasteiger partial charge in [-0.1, -0.05) is 35.6 Å². The van der Waals surface area contributed by atoms with E-state index in [2.05, 4.69) is 32.7 Å². The number of aromatic nitrogens is 2. The van der Waals surface area contributed by atoms with Crippen LogP contribution < -0.4 is 10.6 Å². The zero-order valence-corrected chi connectivity index (χ0v) is 22.1. The highest BCUT2D eigenvalue weighted by Crippen LogP contribution is 2.31. The number of carbonyl (C=O) groups is 2. The third-order valence-corrected chi connectivity index (χ3v) is 7.18. The SMILES string of the molecule is O=C1N[C@H](CCC#Cc2cc(CC3CCOCC3)cc3c(O)c(C(=O)NCc4ccc(Cl)cc4)nnc23)CO1. The zero-order valence-electron chi connectivity index (χ0n) is 21.3. The number of hydrogen-bond acceptors (Lipinski definition) is 7. The maximum Gasteiger partial charge on any atom is 0.407 e. The molecule has 5 rings (SSSR count). The van der Waals surface area contributed by atoms with Gasteiger partial charge in [-0.25, -0.2) is 4.79 Å². The largest absolute Gasteiger partial charge is 0.505 e. The Kier molecular flexibility index (Phi) is 8.45. The number of amides is 2. The van der Waals surface area contributed by atoms with Gasteiger partial charge < -0.3 is 25.2 Å². The lowest BCUT2D eigenvalue weighted by Gasteiger charge is -2.22. The Labute approximate surface area is 231 Å². The molecule has 3 heterocycles. The van der Waals surface area contributed by atoms with Crippen molar-refractivity contribution in [3.05, 3.63) is 63.8 Å². The van der Waals surface area contributed by atoms with E-state index in [1.54, 1.807) is 12.1 Å². The van der Waals surface area contributed by atoms with Gasteiger partial charge in [0.25, 0.3) is 5.91 Å². The van der Waals surface area contributed by atoms with Crippen molar-refractivity contribution in [1.29, 1.82) is 0 Å². The summed E-state index contributed by atoms with van der Waals surface area (Å²) in [4.78, 5) is 24.2. The van der Waals surface area contributed by atoms with Crippen molar-refractivity contribution in [2.75, 3.05) is 19.8 Å². The van der Waals surface area contributed by atoms with Crippen LogP contribution in [0.4, 0.5) is 4.79 Å². The van der Waals surface area contributed by atoms with Gasteiger partial charge in [-0.3, -0.25) is 4.79 Å². The number of aromatic hydroxyl groups is 1. The van der Waals surface area contributed by atoms with E-state index in [9.17, 15) is 14.7 Å². The predicted octanol–water partition coefficient (Wildman–Crippen LogP) is 4.13. The van der Waals surface area contributed by atoms with Crippen LogP contribution in [0.3, 0.4) is 0 Å². The van der Waals surface area contributed by atoms with Crippen LogP contribution in [0, 0.1) is 17.8 Å². The molecule has 10 heteroatoms. The van der Waals surface area contributed by atoms with Gasteiger partial charge in [0.15, 0.2) is 11.4 Å². The summed E-state index contributed by atoms with van der Waals surface area (Å²) in [5.74, 6) is 6.03. The molecule has 0 spiro atoms. The van der Waals surface area contributed by atoms with Crippen molar-refractivity contribution in [3.8, 4) is 17.6 Å². The molecule has 0 bridgehead atoms. The topological polar surface area (TPSA) is 123 Å². The van der Waals surface area contributed by atoms with Crippen molar-refractivity contribution in [3.63, 3.8) is 0 Å². The number of ether oxygens (including phenoxy) is 2. The van der Waals surface area contributed by atoms with Gasteiger partial charge in [0, 0.05) is 36.6 Å². The molecule has 2 aliphatic rings. The normalized spacial score (nSPS) is 17.3. The van der Waals surface area contributed by atoms with E-state index in [0.717, 1.165) is 43.6 Å². The van der Waals surface area contributed by atoms with Crippen molar-refractivity contribution in [2.45, 2.75) is 44.7 Å². The van der Waals surface area contributed by atoms with Crippen molar-refractivity contribution in [2.24, 2.45) is 5.92 Å². The average molecular weight is 549 g/mol. The summed E-state index contributed by atoms with van der Waals surface area (Å²) >= 11 is 5.93. The molecule has 0 aliphatic carbocycles. The second kappa shape index (κ2) is 12.3. The first kappa shape index (κ1) is 26.7. The average Bonchev–Trinajstić information content (AvgIpc) is 3.36. The molecule has 0 unspecified atom stereocenters. The number of nitrogens with zero attached hydrogens (tertiary/aromatic N) is 2. The van der Waals surface area contributed by atoms with Gasteiger partial charge in [-0.15, -0.1) is 10.2 Å². The van der Waals surface area contributed by atoms with Crippen LogP contribution in [-0.4, -0.2) is 53.2 Å². The molecule has 9 nitrogen and oxygen atoms in total. The summed E-state index contributed by atoms with van der Waals surface area (Å²) in [6.45, 7) is 2.07. The van der Waals surface area contributed by atoms with Gasteiger partial charge in [0.2, 0.25) is 0 Å². The minimum Gasteiger partial charge on any atom is -0.505 e. The van der Waals surface area contributed by atoms with Crippen LogP contribution in [-0.2, 0) is 22.4 Å². The summed E-state index contributed by atoms with van der Waals surface area (Å²) in [6.07, 6.45) is 3.54. The van der Waals surface area contributed by atoms with Crippen LogP contribution in [0.5, 0.6) is 5.75 Å². The van der Waals surface area contributed by atoms with E-state index in [4.69, 9.17) is 21.1 Å². The standard InChI is InChI=1S/C29H29ClN4O5/c30-22-7-5-19(6-8-22)16-31-28(36)26-27(35)24-15-20(13-18-9-11-38-12-10-18)14-21(25(24)33-34-26)3-1-2-4-23-17-39-29(37)32-23/h5-8,14-15,18,23H,2,4,9-13,16-17H2,(H,31,36)(H,32,37)(H,33,35)/t23-/m1/s1. The van der Waals surface area contributed by atoms with Crippen molar-refractivity contribution in [1.82, 2.24) is 20.8 Å². The molecule has 1 atom stereocenters. The summed E-state index contributed by atoms with van der Waals surface area (Å²) in [5.41, 5.74) is 2.79. The van der Waals surface area contributed by atoms with Crippen LogP contribution >= 0.6 is 11.6 Å². The Hall–Kier alpha value is -3.87. The Morgan fingerprint density at radius 1 is 1.15 bits per heavy atom. The first-order chi connectivity index (χ1) is 19.0. The Morgan fingerprint density at radius 2 is 1.95 bits per heavy atom. The number of fused-ring (bicyclic) bond motifs is 1. The van der Waals surface area contributed by atoms with E-state index >= 15 is 0 Å². The fourth-order valence-corrected chi connectivity index (χ4v) is 4.89. The predicted molar refractivity (Wildman–Crippen MR) is 145 cm³/mol. The van der Waals surface area contributed by atoms with Crippen molar-refractivity contribution >= 4 is 34.5 Å². The van der Waals surface area contributed by atoms with Crippen LogP contribution in [0.2, 0.25) is 5.02 Å². The summed E-state index contributed by atoms with van der Waals surface area (Å²) < 4.78 is 10.4. The Morgan fingerprint density at radius 3 is 2.69 bits per heavy atom. The summed E-state index contributed by atoms with van der Waals surface area (Å²) in [5, 5.41) is 26.1. The molecule has 2 fully saturated rings. The highest BCUT2D eigenvalue weighted by atomic mass is 35.5. The number of carbonyl (C=O) groups excluding carboxylic acids is 2. The molecule has 202 valence electrons. The van der Waals surface area contributed by atoms with Gasteiger partial charge in [0.1, 0.15) is 12.1 Å².